The van der Waals surface area contributed by atoms with E-state index < -0.39 is 0 Å². The molecule has 0 bridgehead atoms. The SMILES string of the molecule is CCc1ccc(-c2nc(CC(=O)N3C[C@H]4CNC[C@H]4C3)cs2)cc1. The van der Waals surface area contributed by atoms with Gasteiger partial charge in [-0.25, -0.2) is 4.98 Å². The molecule has 1 amide bonds. The third kappa shape index (κ3) is 3.10. The number of benzene rings is 1. The monoisotopic (exact) mass is 341 g/mol. The zero-order chi connectivity index (χ0) is 16.5. The second-order valence-electron chi connectivity index (χ2n) is 6.85. The fourth-order valence-electron chi connectivity index (χ4n) is 3.73. The molecule has 2 saturated heterocycles. The summed E-state index contributed by atoms with van der Waals surface area (Å²) in [7, 11) is 0. The molecule has 3 heterocycles. The number of aryl methyl sites for hydroxylation is 1. The summed E-state index contributed by atoms with van der Waals surface area (Å²) in [6.07, 6.45) is 1.47. The Bertz CT molecular complexity index is 712. The molecule has 2 aromatic rings. The Morgan fingerprint density at radius 1 is 1.25 bits per heavy atom. The lowest BCUT2D eigenvalue weighted by molar-refractivity contribution is -0.129. The standard InChI is InChI=1S/C19H23N3OS/c1-2-13-3-5-14(6-4-13)19-21-17(12-24-19)7-18(23)22-10-15-8-20-9-16(15)11-22/h3-6,12,15-16,20H,2,7-11H2,1H3/t15-,16+. The first kappa shape index (κ1) is 15.8. The van der Waals surface area contributed by atoms with E-state index in [9.17, 15) is 4.79 Å². The Kier molecular flexibility index (Phi) is 4.37. The van der Waals surface area contributed by atoms with Gasteiger partial charge in [0.15, 0.2) is 0 Å². The van der Waals surface area contributed by atoms with Crippen LogP contribution in [0.1, 0.15) is 18.2 Å². The summed E-state index contributed by atoms with van der Waals surface area (Å²) >= 11 is 1.63. The predicted octanol–water partition coefficient (Wildman–Crippen LogP) is 2.59. The van der Waals surface area contributed by atoms with E-state index in [1.807, 2.05) is 10.3 Å². The van der Waals surface area contributed by atoms with Crippen LogP contribution in [0.25, 0.3) is 10.6 Å². The number of nitrogens with one attached hydrogen (secondary N) is 1. The summed E-state index contributed by atoms with van der Waals surface area (Å²) < 4.78 is 0. The highest BCUT2D eigenvalue weighted by atomic mass is 32.1. The molecule has 2 atom stereocenters. The first-order valence-electron chi connectivity index (χ1n) is 8.75. The van der Waals surface area contributed by atoms with Crippen molar-refractivity contribution in [3.8, 4) is 10.6 Å². The Morgan fingerprint density at radius 2 is 1.96 bits per heavy atom. The van der Waals surface area contributed by atoms with Crippen molar-refractivity contribution < 1.29 is 4.79 Å². The lowest BCUT2D eigenvalue weighted by atomic mass is 10.0. The van der Waals surface area contributed by atoms with E-state index in [-0.39, 0.29) is 5.91 Å². The molecule has 126 valence electrons. The normalized spacial score (nSPS) is 22.8. The van der Waals surface area contributed by atoms with Gasteiger partial charge in [0.2, 0.25) is 5.91 Å². The molecule has 2 fully saturated rings. The molecule has 1 N–H and O–H groups in total. The van der Waals surface area contributed by atoms with Crippen LogP contribution >= 0.6 is 11.3 Å². The average molecular weight is 341 g/mol. The van der Waals surface area contributed by atoms with Crippen molar-refractivity contribution in [2.45, 2.75) is 19.8 Å². The number of hydrogen-bond donors (Lipinski definition) is 1. The number of aromatic nitrogens is 1. The number of nitrogens with zero attached hydrogens (tertiary/aromatic N) is 2. The van der Waals surface area contributed by atoms with Crippen LogP contribution in [0.3, 0.4) is 0 Å². The lowest BCUT2D eigenvalue weighted by Gasteiger charge is -2.16. The second kappa shape index (κ2) is 6.65. The zero-order valence-corrected chi connectivity index (χ0v) is 14.8. The van der Waals surface area contributed by atoms with Gasteiger partial charge in [-0.1, -0.05) is 31.2 Å². The Morgan fingerprint density at radius 3 is 2.62 bits per heavy atom. The number of thiazole rings is 1. The summed E-state index contributed by atoms with van der Waals surface area (Å²) in [5, 5.41) is 6.44. The van der Waals surface area contributed by atoms with E-state index in [0.29, 0.717) is 18.3 Å². The van der Waals surface area contributed by atoms with Crippen LogP contribution in [0.2, 0.25) is 0 Å². The van der Waals surface area contributed by atoms with Gasteiger partial charge in [0, 0.05) is 37.1 Å². The highest BCUT2D eigenvalue weighted by molar-refractivity contribution is 7.13. The molecule has 0 saturated carbocycles. The highest BCUT2D eigenvalue weighted by Gasteiger charge is 2.37. The molecule has 0 radical (unpaired) electrons. The van der Waals surface area contributed by atoms with Crippen molar-refractivity contribution in [3.63, 3.8) is 0 Å². The number of likely N-dealkylation sites (tertiary alicyclic amines) is 1. The van der Waals surface area contributed by atoms with Gasteiger partial charge in [-0.3, -0.25) is 4.79 Å². The second-order valence-corrected chi connectivity index (χ2v) is 7.71. The van der Waals surface area contributed by atoms with Crippen LogP contribution in [-0.4, -0.2) is 42.0 Å². The third-order valence-electron chi connectivity index (χ3n) is 5.24. The maximum Gasteiger partial charge on any atom is 0.228 e. The van der Waals surface area contributed by atoms with Gasteiger partial charge in [0.1, 0.15) is 5.01 Å². The fourth-order valence-corrected chi connectivity index (χ4v) is 4.56. The van der Waals surface area contributed by atoms with Crippen molar-refractivity contribution in [2.75, 3.05) is 26.2 Å². The molecule has 1 aromatic heterocycles. The van der Waals surface area contributed by atoms with Gasteiger partial charge in [-0.05, 0) is 23.8 Å². The van der Waals surface area contributed by atoms with Crippen molar-refractivity contribution >= 4 is 17.2 Å². The summed E-state index contributed by atoms with van der Waals surface area (Å²) in [4.78, 5) is 19.3. The highest BCUT2D eigenvalue weighted by Crippen LogP contribution is 2.28. The van der Waals surface area contributed by atoms with Gasteiger partial charge < -0.3 is 10.2 Å². The topological polar surface area (TPSA) is 45.2 Å². The van der Waals surface area contributed by atoms with E-state index in [1.165, 1.54) is 5.56 Å². The molecule has 2 aliphatic heterocycles. The molecule has 4 nitrogen and oxygen atoms in total. The Labute approximate surface area is 146 Å². The number of rotatable bonds is 4. The molecule has 1 aromatic carbocycles. The van der Waals surface area contributed by atoms with Crippen LogP contribution < -0.4 is 5.32 Å². The predicted molar refractivity (Wildman–Crippen MR) is 97.1 cm³/mol. The van der Waals surface area contributed by atoms with Crippen molar-refractivity contribution in [1.29, 1.82) is 0 Å². The first-order valence-corrected chi connectivity index (χ1v) is 9.63. The smallest absolute Gasteiger partial charge is 0.228 e. The van der Waals surface area contributed by atoms with Crippen molar-refractivity contribution in [2.24, 2.45) is 11.8 Å². The number of hydrogen-bond acceptors (Lipinski definition) is 4. The molecule has 5 heteroatoms. The fraction of sp³-hybridized carbons (Fsp3) is 0.474. The van der Waals surface area contributed by atoms with Gasteiger partial charge >= 0.3 is 0 Å². The summed E-state index contributed by atoms with van der Waals surface area (Å²) in [6.45, 7) is 6.09. The minimum atomic E-state index is 0.225. The minimum absolute atomic E-state index is 0.225. The maximum atomic E-state index is 12.5. The summed E-state index contributed by atoms with van der Waals surface area (Å²) in [5.74, 6) is 1.52. The zero-order valence-electron chi connectivity index (χ0n) is 14.0. The van der Waals surface area contributed by atoms with Crippen LogP contribution in [0.5, 0.6) is 0 Å². The van der Waals surface area contributed by atoms with E-state index in [4.69, 9.17) is 0 Å². The first-order chi connectivity index (χ1) is 11.7. The maximum absolute atomic E-state index is 12.5. The Hall–Kier alpha value is -1.72. The van der Waals surface area contributed by atoms with E-state index >= 15 is 0 Å². The number of carbonyl (C=O) groups is 1. The van der Waals surface area contributed by atoms with Crippen LogP contribution in [0.15, 0.2) is 29.6 Å². The molecular weight excluding hydrogens is 318 g/mol. The third-order valence-corrected chi connectivity index (χ3v) is 6.18. The number of amides is 1. The number of carbonyl (C=O) groups excluding carboxylic acids is 1. The molecule has 24 heavy (non-hydrogen) atoms. The van der Waals surface area contributed by atoms with Crippen LogP contribution in [-0.2, 0) is 17.6 Å². The van der Waals surface area contributed by atoms with Gasteiger partial charge in [0.25, 0.3) is 0 Å². The van der Waals surface area contributed by atoms with Crippen molar-refractivity contribution in [3.05, 3.63) is 40.9 Å². The summed E-state index contributed by atoms with van der Waals surface area (Å²) in [5.41, 5.74) is 3.37. The van der Waals surface area contributed by atoms with Crippen LogP contribution in [0.4, 0.5) is 0 Å². The molecule has 0 aliphatic carbocycles. The lowest BCUT2D eigenvalue weighted by Crippen LogP contribution is -2.33. The molecule has 0 unspecified atom stereocenters. The van der Waals surface area contributed by atoms with E-state index in [2.05, 4.69) is 41.5 Å². The van der Waals surface area contributed by atoms with Gasteiger partial charge in [0.05, 0.1) is 12.1 Å². The van der Waals surface area contributed by atoms with Gasteiger partial charge in [-0.15, -0.1) is 11.3 Å². The Balaban J connectivity index is 1.40. The van der Waals surface area contributed by atoms with Crippen molar-refractivity contribution in [1.82, 2.24) is 15.2 Å². The minimum Gasteiger partial charge on any atom is -0.342 e. The molecule has 0 spiro atoms. The largest absolute Gasteiger partial charge is 0.342 e. The average Bonchev–Trinajstić information content (AvgIpc) is 3.30. The number of fused-ring (bicyclic) bond motifs is 1. The molecular formula is C19H23N3OS. The molecule has 2 aliphatic rings. The summed E-state index contributed by atoms with van der Waals surface area (Å²) in [6, 6.07) is 8.55. The molecule has 4 rings (SSSR count). The quantitative estimate of drug-likeness (QED) is 0.930. The van der Waals surface area contributed by atoms with Crippen LogP contribution in [0, 0.1) is 11.8 Å². The van der Waals surface area contributed by atoms with E-state index in [1.54, 1.807) is 11.3 Å². The van der Waals surface area contributed by atoms with Gasteiger partial charge in [-0.2, -0.15) is 0 Å². The van der Waals surface area contributed by atoms with E-state index in [0.717, 1.165) is 48.9 Å².